The predicted octanol–water partition coefficient (Wildman–Crippen LogP) is 1.07. The maximum atomic E-state index is 12.5. The van der Waals surface area contributed by atoms with Gasteiger partial charge in [-0.3, -0.25) is 9.48 Å². The van der Waals surface area contributed by atoms with Crippen molar-refractivity contribution in [2.24, 2.45) is 13.0 Å². The topological polar surface area (TPSA) is 71.8 Å². The van der Waals surface area contributed by atoms with Crippen LogP contribution in [0.1, 0.15) is 17.0 Å². The summed E-state index contributed by atoms with van der Waals surface area (Å²) in [5.41, 5.74) is 2.17. The van der Waals surface area contributed by atoms with E-state index in [0.717, 1.165) is 17.7 Å². The van der Waals surface area contributed by atoms with Crippen LogP contribution in [0.2, 0.25) is 0 Å². The number of nitrogens with one attached hydrogen (secondary N) is 2. The largest absolute Gasteiger partial charge is 0.315 e. The summed E-state index contributed by atoms with van der Waals surface area (Å²) in [6, 6.07) is 3.78. The van der Waals surface area contributed by atoms with Crippen LogP contribution in [0.3, 0.4) is 0 Å². The Morgan fingerprint density at radius 2 is 2.33 bits per heavy atom. The first kappa shape index (κ1) is 13.8. The summed E-state index contributed by atoms with van der Waals surface area (Å²) in [4.78, 5) is 16.7. The predicted molar refractivity (Wildman–Crippen MR) is 79.9 cm³/mol. The molecular weight excluding hydrogens is 266 g/mol. The molecule has 1 aliphatic rings. The zero-order valence-electron chi connectivity index (χ0n) is 12.2. The second-order valence-corrected chi connectivity index (χ2v) is 5.53. The molecule has 2 atom stereocenters. The lowest BCUT2D eigenvalue weighted by Gasteiger charge is -2.16. The number of nitrogens with zero attached hydrogens (tertiary/aromatic N) is 3. The van der Waals surface area contributed by atoms with Gasteiger partial charge in [0.1, 0.15) is 5.82 Å². The van der Waals surface area contributed by atoms with Crippen LogP contribution in [-0.4, -0.2) is 33.8 Å². The summed E-state index contributed by atoms with van der Waals surface area (Å²) in [5, 5.41) is 10.4. The van der Waals surface area contributed by atoms with Crippen LogP contribution in [0.4, 0.5) is 5.82 Å². The summed E-state index contributed by atoms with van der Waals surface area (Å²) >= 11 is 0. The molecule has 0 saturated carbocycles. The molecule has 0 aromatic carbocycles. The van der Waals surface area contributed by atoms with E-state index >= 15 is 0 Å². The fraction of sp³-hybridized carbons (Fsp3) is 0.400. The quantitative estimate of drug-likeness (QED) is 0.884. The lowest BCUT2D eigenvalue weighted by Crippen LogP contribution is -2.28. The number of amides is 1. The number of pyridine rings is 1. The molecule has 0 spiro atoms. The van der Waals surface area contributed by atoms with Gasteiger partial charge in [0.25, 0.3) is 0 Å². The zero-order chi connectivity index (χ0) is 14.8. The zero-order valence-corrected chi connectivity index (χ0v) is 12.2. The van der Waals surface area contributed by atoms with Gasteiger partial charge in [0.2, 0.25) is 5.91 Å². The summed E-state index contributed by atoms with van der Waals surface area (Å²) in [6.45, 7) is 3.45. The minimum Gasteiger partial charge on any atom is -0.315 e. The number of hydrogen-bond acceptors (Lipinski definition) is 4. The fourth-order valence-corrected chi connectivity index (χ4v) is 2.76. The minimum atomic E-state index is -0.100. The molecule has 3 heterocycles. The molecular formula is C15H19N5O. The van der Waals surface area contributed by atoms with E-state index in [0.29, 0.717) is 12.4 Å². The Morgan fingerprint density at radius 3 is 3.05 bits per heavy atom. The highest BCUT2D eigenvalue weighted by atomic mass is 16.2. The van der Waals surface area contributed by atoms with Crippen LogP contribution in [0.25, 0.3) is 0 Å². The number of carbonyl (C=O) groups excluding carboxylic acids is 1. The van der Waals surface area contributed by atoms with Gasteiger partial charge >= 0.3 is 0 Å². The number of hydrogen-bond donors (Lipinski definition) is 2. The summed E-state index contributed by atoms with van der Waals surface area (Å²) in [5.74, 6) is 0.670. The molecule has 1 fully saturated rings. The van der Waals surface area contributed by atoms with Crippen molar-refractivity contribution < 1.29 is 4.79 Å². The van der Waals surface area contributed by atoms with Crippen molar-refractivity contribution in [1.29, 1.82) is 0 Å². The van der Waals surface area contributed by atoms with Gasteiger partial charge in [-0.1, -0.05) is 0 Å². The molecule has 6 heteroatoms. The molecule has 2 aromatic rings. The molecule has 2 aromatic heterocycles. The van der Waals surface area contributed by atoms with Gasteiger partial charge in [-0.2, -0.15) is 5.10 Å². The highest BCUT2D eigenvalue weighted by Crippen LogP contribution is 2.28. The van der Waals surface area contributed by atoms with E-state index < -0.39 is 0 Å². The van der Waals surface area contributed by atoms with E-state index in [1.54, 1.807) is 10.9 Å². The van der Waals surface area contributed by atoms with Gasteiger partial charge in [0.15, 0.2) is 0 Å². The second-order valence-electron chi connectivity index (χ2n) is 5.53. The molecule has 1 aliphatic heterocycles. The van der Waals surface area contributed by atoms with Gasteiger partial charge < -0.3 is 10.6 Å². The Kier molecular flexibility index (Phi) is 3.70. The van der Waals surface area contributed by atoms with E-state index in [1.807, 2.05) is 38.5 Å². The lowest BCUT2D eigenvalue weighted by molar-refractivity contribution is -0.119. The van der Waals surface area contributed by atoms with Crippen LogP contribution < -0.4 is 10.6 Å². The molecule has 0 aliphatic carbocycles. The highest BCUT2D eigenvalue weighted by Gasteiger charge is 2.34. The van der Waals surface area contributed by atoms with Crippen molar-refractivity contribution in [1.82, 2.24) is 20.1 Å². The first-order valence-corrected chi connectivity index (χ1v) is 7.06. The lowest BCUT2D eigenvalue weighted by atomic mass is 9.90. The average molecular weight is 285 g/mol. The Labute approximate surface area is 123 Å². The SMILES string of the molecule is Cc1ccnc(NC(=O)[C@H]2CNC[C@@H]2c2cnn(C)c2)c1. The first-order valence-electron chi connectivity index (χ1n) is 7.06. The molecule has 6 nitrogen and oxygen atoms in total. The Morgan fingerprint density at radius 1 is 1.48 bits per heavy atom. The van der Waals surface area contributed by atoms with Gasteiger partial charge in [-0.25, -0.2) is 4.98 Å². The van der Waals surface area contributed by atoms with Crippen molar-refractivity contribution in [3.63, 3.8) is 0 Å². The number of aromatic nitrogens is 3. The number of anilines is 1. The minimum absolute atomic E-state index is 0.00644. The van der Waals surface area contributed by atoms with E-state index in [-0.39, 0.29) is 17.7 Å². The van der Waals surface area contributed by atoms with Crippen molar-refractivity contribution in [2.45, 2.75) is 12.8 Å². The Bertz CT molecular complexity index is 651. The third-order valence-electron chi connectivity index (χ3n) is 3.87. The second kappa shape index (κ2) is 5.65. The molecule has 1 amide bonds. The molecule has 0 bridgehead atoms. The van der Waals surface area contributed by atoms with Gasteiger partial charge in [-0.15, -0.1) is 0 Å². The Hall–Kier alpha value is -2.21. The number of carbonyl (C=O) groups is 1. The Balaban J connectivity index is 1.74. The monoisotopic (exact) mass is 285 g/mol. The summed E-state index contributed by atoms with van der Waals surface area (Å²) in [7, 11) is 1.89. The van der Waals surface area contributed by atoms with Crippen LogP contribution >= 0.6 is 0 Å². The summed E-state index contributed by atoms with van der Waals surface area (Å²) in [6.07, 6.45) is 5.52. The smallest absolute Gasteiger partial charge is 0.230 e. The van der Waals surface area contributed by atoms with Crippen LogP contribution in [0.5, 0.6) is 0 Å². The third-order valence-corrected chi connectivity index (χ3v) is 3.87. The van der Waals surface area contributed by atoms with Crippen LogP contribution in [0.15, 0.2) is 30.7 Å². The summed E-state index contributed by atoms with van der Waals surface area (Å²) < 4.78 is 1.77. The highest BCUT2D eigenvalue weighted by molar-refractivity contribution is 5.92. The molecule has 21 heavy (non-hydrogen) atoms. The number of aryl methyl sites for hydroxylation is 2. The van der Waals surface area contributed by atoms with E-state index in [1.165, 1.54) is 0 Å². The molecule has 0 unspecified atom stereocenters. The van der Waals surface area contributed by atoms with E-state index in [9.17, 15) is 4.79 Å². The van der Waals surface area contributed by atoms with E-state index in [4.69, 9.17) is 0 Å². The van der Waals surface area contributed by atoms with Crippen molar-refractivity contribution in [2.75, 3.05) is 18.4 Å². The maximum Gasteiger partial charge on any atom is 0.230 e. The van der Waals surface area contributed by atoms with Crippen LogP contribution in [0, 0.1) is 12.8 Å². The van der Waals surface area contributed by atoms with Crippen molar-refractivity contribution in [3.8, 4) is 0 Å². The van der Waals surface area contributed by atoms with Gasteiger partial charge in [0.05, 0.1) is 12.1 Å². The fourth-order valence-electron chi connectivity index (χ4n) is 2.76. The normalized spacial score (nSPS) is 21.4. The van der Waals surface area contributed by atoms with Crippen LogP contribution in [-0.2, 0) is 11.8 Å². The van der Waals surface area contributed by atoms with E-state index in [2.05, 4.69) is 20.7 Å². The number of rotatable bonds is 3. The molecule has 0 radical (unpaired) electrons. The first-order chi connectivity index (χ1) is 10.1. The van der Waals surface area contributed by atoms with Gasteiger partial charge in [0, 0.05) is 38.4 Å². The molecule has 1 saturated heterocycles. The molecule has 110 valence electrons. The molecule has 2 N–H and O–H groups in total. The average Bonchev–Trinajstić information content (AvgIpc) is 3.06. The maximum absolute atomic E-state index is 12.5. The van der Waals surface area contributed by atoms with Crippen molar-refractivity contribution >= 4 is 11.7 Å². The van der Waals surface area contributed by atoms with Gasteiger partial charge in [-0.05, 0) is 30.2 Å². The third kappa shape index (κ3) is 2.95. The van der Waals surface area contributed by atoms with Crippen molar-refractivity contribution in [3.05, 3.63) is 41.9 Å². The standard InChI is InChI=1S/C15H19N5O/c1-10-3-4-17-14(5-10)19-15(21)13-8-16-7-12(13)11-6-18-20(2)9-11/h3-6,9,12-13,16H,7-8H2,1-2H3,(H,17,19,21)/t12-,13+/m1/s1. The molecule has 3 rings (SSSR count).